The number of carbonyl (C=O) groups is 1. The van der Waals surface area contributed by atoms with Gasteiger partial charge in [0.25, 0.3) is 0 Å². The molecule has 20 heavy (non-hydrogen) atoms. The Morgan fingerprint density at radius 3 is 3.10 bits per heavy atom. The van der Waals surface area contributed by atoms with Crippen LogP contribution in [0, 0.1) is 0 Å². The minimum Gasteiger partial charge on any atom is -0.353 e. The van der Waals surface area contributed by atoms with E-state index < -0.39 is 0 Å². The van der Waals surface area contributed by atoms with Crippen LogP contribution in [0.3, 0.4) is 0 Å². The van der Waals surface area contributed by atoms with E-state index in [0.717, 1.165) is 37.9 Å². The van der Waals surface area contributed by atoms with Gasteiger partial charge in [-0.3, -0.25) is 4.79 Å². The van der Waals surface area contributed by atoms with Crippen molar-refractivity contribution in [2.45, 2.75) is 64.6 Å². The van der Waals surface area contributed by atoms with Crippen molar-refractivity contribution in [3.8, 4) is 0 Å². The maximum Gasteiger partial charge on any atom is 0.237 e. The molecule has 0 unspecified atom stereocenters. The Bertz CT molecular complexity index is 443. The van der Waals surface area contributed by atoms with E-state index in [1.54, 1.807) is 0 Å². The van der Waals surface area contributed by atoms with E-state index in [2.05, 4.69) is 27.9 Å². The van der Waals surface area contributed by atoms with E-state index >= 15 is 0 Å². The third-order valence-corrected chi connectivity index (χ3v) is 3.57. The van der Waals surface area contributed by atoms with Crippen LogP contribution in [-0.4, -0.2) is 39.5 Å². The summed E-state index contributed by atoms with van der Waals surface area (Å²) in [7, 11) is 0. The molecular formula is C14H25N5O. The van der Waals surface area contributed by atoms with Crippen molar-refractivity contribution in [1.82, 2.24) is 25.6 Å². The number of carbonyl (C=O) groups excluding carboxylic acids is 1. The number of nitrogens with zero attached hydrogens (tertiary/aromatic N) is 3. The highest BCUT2D eigenvalue weighted by atomic mass is 16.2. The fourth-order valence-corrected chi connectivity index (χ4v) is 2.47. The fraction of sp³-hybridized carbons (Fsp3) is 0.786. The van der Waals surface area contributed by atoms with Gasteiger partial charge < -0.3 is 10.6 Å². The van der Waals surface area contributed by atoms with Gasteiger partial charge in [0.2, 0.25) is 5.91 Å². The van der Waals surface area contributed by atoms with Gasteiger partial charge in [0, 0.05) is 18.8 Å². The summed E-state index contributed by atoms with van der Waals surface area (Å²) in [6.07, 6.45) is 6.07. The van der Waals surface area contributed by atoms with E-state index in [0.29, 0.717) is 0 Å². The highest BCUT2D eigenvalue weighted by molar-refractivity contribution is 5.82. The van der Waals surface area contributed by atoms with Crippen molar-refractivity contribution in [2.24, 2.45) is 0 Å². The van der Waals surface area contributed by atoms with E-state index in [4.69, 9.17) is 0 Å². The average molecular weight is 279 g/mol. The highest BCUT2D eigenvalue weighted by Crippen LogP contribution is 2.19. The van der Waals surface area contributed by atoms with Crippen molar-refractivity contribution >= 4 is 5.91 Å². The maximum atomic E-state index is 12.0. The topological polar surface area (TPSA) is 71.8 Å². The zero-order valence-corrected chi connectivity index (χ0v) is 12.6. The number of hydrogen-bond donors (Lipinski definition) is 2. The Hall–Kier alpha value is -1.43. The fourth-order valence-electron chi connectivity index (χ4n) is 2.47. The maximum absolute atomic E-state index is 12.0. The molecule has 2 heterocycles. The number of rotatable bonds is 6. The molecule has 0 bridgehead atoms. The number of aromatic nitrogens is 3. The minimum atomic E-state index is -0.120. The summed E-state index contributed by atoms with van der Waals surface area (Å²) in [6, 6.07) is 0.279. The predicted molar refractivity (Wildman–Crippen MR) is 77.4 cm³/mol. The number of nitrogens with one attached hydrogen (secondary N) is 2. The highest BCUT2D eigenvalue weighted by Gasteiger charge is 2.31. The molecule has 0 aromatic carbocycles. The lowest BCUT2D eigenvalue weighted by Crippen LogP contribution is -2.43. The van der Waals surface area contributed by atoms with Crippen LogP contribution in [0.2, 0.25) is 0 Å². The summed E-state index contributed by atoms with van der Waals surface area (Å²) in [5.41, 5.74) is 1.04. The van der Waals surface area contributed by atoms with Crippen LogP contribution in [-0.2, 0) is 11.2 Å². The Balaban J connectivity index is 1.89. The third kappa shape index (κ3) is 3.79. The van der Waals surface area contributed by atoms with Crippen LogP contribution < -0.4 is 10.6 Å². The first-order chi connectivity index (χ1) is 9.60. The summed E-state index contributed by atoms with van der Waals surface area (Å²) in [6.45, 7) is 6.89. The van der Waals surface area contributed by atoms with Crippen molar-refractivity contribution in [1.29, 1.82) is 0 Å². The first kappa shape index (κ1) is 15.0. The predicted octanol–water partition coefficient (Wildman–Crippen LogP) is 1.05. The van der Waals surface area contributed by atoms with Crippen LogP contribution in [0.4, 0.5) is 0 Å². The van der Waals surface area contributed by atoms with Gasteiger partial charge in [-0.25, -0.2) is 4.68 Å². The van der Waals surface area contributed by atoms with E-state index in [-0.39, 0.29) is 24.0 Å². The Kier molecular flexibility index (Phi) is 5.11. The first-order valence-corrected chi connectivity index (χ1v) is 7.54. The lowest BCUT2D eigenvalue weighted by atomic mass is 10.1. The summed E-state index contributed by atoms with van der Waals surface area (Å²) < 4.78 is 1.90. The largest absolute Gasteiger partial charge is 0.353 e. The number of unbranched alkanes of at least 4 members (excludes halogenated alkanes) is 1. The Morgan fingerprint density at radius 1 is 1.60 bits per heavy atom. The molecule has 1 aliphatic heterocycles. The van der Waals surface area contributed by atoms with E-state index in [1.807, 2.05) is 24.7 Å². The second-order valence-electron chi connectivity index (χ2n) is 5.81. The van der Waals surface area contributed by atoms with Crippen LogP contribution in [0.25, 0.3) is 0 Å². The third-order valence-electron chi connectivity index (χ3n) is 3.57. The standard InChI is InChI=1S/C14H25N5O/c1-4-5-6-11-9-19(18-17-11)12-7-13(15-8-12)14(20)16-10(2)3/h9-10,12-13,15H,4-8H2,1-3H3,(H,16,20)/t12-,13+/m1/s1. The molecule has 1 amide bonds. The summed E-state index contributed by atoms with van der Waals surface area (Å²) in [5.74, 6) is 0.0776. The summed E-state index contributed by atoms with van der Waals surface area (Å²) in [5, 5.41) is 14.6. The van der Waals surface area contributed by atoms with E-state index in [9.17, 15) is 4.79 Å². The molecule has 0 radical (unpaired) electrons. The molecule has 6 heteroatoms. The molecule has 6 nitrogen and oxygen atoms in total. The Morgan fingerprint density at radius 2 is 2.40 bits per heavy atom. The van der Waals surface area contributed by atoms with Crippen molar-refractivity contribution in [3.05, 3.63) is 11.9 Å². The van der Waals surface area contributed by atoms with Crippen LogP contribution in [0.5, 0.6) is 0 Å². The Labute approximate surface area is 120 Å². The number of amides is 1. The lowest BCUT2D eigenvalue weighted by molar-refractivity contribution is -0.123. The van der Waals surface area contributed by atoms with Gasteiger partial charge in [-0.1, -0.05) is 18.6 Å². The van der Waals surface area contributed by atoms with E-state index in [1.165, 1.54) is 0 Å². The van der Waals surface area contributed by atoms with Gasteiger partial charge in [0.15, 0.2) is 0 Å². The molecule has 2 rings (SSSR count). The molecule has 1 saturated heterocycles. The molecule has 1 aliphatic rings. The second-order valence-corrected chi connectivity index (χ2v) is 5.81. The quantitative estimate of drug-likeness (QED) is 0.816. The van der Waals surface area contributed by atoms with Gasteiger partial charge in [0.1, 0.15) is 0 Å². The molecule has 112 valence electrons. The van der Waals surface area contributed by atoms with Gasteiger partial charge in [-0.15, -0.1) is 5.10 Å². The molecule has 1 aromatic heterocycles. The van der Waals surface area contributed by atoms with Gasteiger partial charge >= 0.3 is 0 Å². The van der Waals surface area contributed by atoms with Gasteiger partial charge in [0.05, 0.1) is 17.8 Å². The number of aryl methyl sites for hydroxylation is 1. The smallest absolute Gasteiger partial charge is 0.237 e. The van der Waals surface area contributed by atoms with Crippen LogP contribution in [0.1, 0.15) is 51.8 Å². The normalized spacial score (nSPS) is 22.4. The molecule has 0 aliphatic carbocycles. The SMILES string of the molecule is CCCCc1cn([C@H]2CN[C@H](C(=O)NC(C)C)C2)nn1. The van der Waals surface area contributed by atoms with Crippen LogP contribution >= 0.6 is 0 Å². The second kappa shape index (κ2) is 6.83. The van der Waals surface area contributed by atoms with Gasteiger partial charge in [-0.2, -0.15) is 0 Å². The first-order valence-electron chi connectivity index (χ1n) is 7.54. The van der Waals surface area contributed by atoms with Crippen LogP contribution in [0.15, 0.2) is 6.20 Å². The van der Waals surface area contributed by atoms with Crippen molar-refractivity contribution < 1.29 is 4.79 Å². The van der Waals surface area contributed by atoms with Crippen molar-refractivity contribution in [3.63, 3.8) is 0 Å². The minimum absolute atomic E-state index is 0.0776. The lowest BCUT2D eigenvalue weighted by Gasteiger charge is -2.13. The summed E-state index contributed by atoms with van der Waals surface area (Å²) in [4.78, 5) is 12.0. The molecule has 0 saturated carbocycles. The van der Waals surface area contributed by atoms with Gasteiger partial charge in [-0.05, 0) is 33.1 Å². The molecule has 1 aromatic rings. The summed E-state index contributed by atoms with van der Waals surface area (Å²) >= 11 is 0. The molecule has 0 spiro atoms. The molecule has 1 fully saturated rings. The molecular weight excluding hydrogens is 254 g/mol. The monoisotopic (exact) mass is 279 g/mol. The number of hydrogen-bond acceptors (Lipinski definition) is 4. The zero-order chi connectivity index (χ0) is 14.5. The average Bonchev–Trinajstić information content (AvgIpc) is 3.04. The molecule has 2 N–H and O–H groups in total. The van der Waals surface area contributed by atoms with Crippen molar-refractivity contribution in [2.75, 3.05) is 6.54 Å². The zero-order valence-electron chi connectivity index (χ0n) is 12.6. The molecule has 2 atom stereocenters.